The predicted molar refractivity (Wildman–Crippen MR) is 149 cm³/mol. The minimum Gasteiger partial charge on any atom is -0.451 e. The van der Waals surface area contributed by atoms with Crippen molar-refractivity contribution in [2.45, 2.75) is 35.5 Å². The molecule has 5 rings (SSSR count). The van der Waals surface area contributed by atoms with Crippen molar-refractivity contribution in [3.63, 3.8) is 0 Å². The Morgan fingerprint density at radius 3 is 1.98 bits per heavy atom. The van der Waals surface area contributed by atoms with Gasteiger partial charge in [0.25, 0.3) is 0 Å². The molecule has 1 N–H and O–H groups in total. The molecule has 2 heterocycles. The fraction of sp³-hybridized carbons (Fsp3) is 0.207. The summed E-state index contributed by atoms with van der Waals surface area (Å²) < 4.78 is 73.6. The number of halogens is 3. The Bertz CT molecular complexity index is 1600. The van der Waals surface area contributed by atoms with Crippen LogP contribution in [0.25, 0.3) is 0 Å². The minimum atomic E-state index is -6.20. The number of hydrogen-bond donors (Lipinski definition) is 1. The topological polar surface area (TPSA) is 119 Å². The molecule has 2 aliphatic rings. The van der Waals surface area contributed by atoms with E-state index in [2.05, 4.69) is 9.50 Å². The Hall–Kier alpha value is -4.30. The Morgan fingerprint density at radius 2 is 1.44 bits per heavy atom. The Labute approximate surface area is 248 Å². The zero-order chi connectivity index (χ0) is 30.8. The van der Waals surface area contributed by atoms with E-state index < -0.39 is 62.7 Å². The van der Waals surface area contributed by atoms with Crippen molar-refractivity contribution >= 4 is 39.7 Å². The van der Waals surface area contributed by atoms with Crippen LogP contribution in [0.1, 0.15) is 22.8 Å². The van der Waals surface area contributed by atoms with Gasteiger partial charge in [0.05, 0.1) is 6.42 Å². The molecular formula is C29H23F3N2O7S2. The van der Waals surface area contributed by atoms with Crippen molar-refractivity contribution in [2.24, 2.45) is 0 Å². The SMILES string of the molecule is O=C(Cc1ccccc1)NC1C(=O)N2C(C(=O)OC(c3ccccc3)c3ccccc3)C(OS(=O)(=O)C(F)(F)F)=CS[C@@H]12. The van der Waals surface area contributed by atoms with Gasteiger partial charge in [-0.1, -0.05) is 91.0 Å². The lowest BCUT2D eigenvalue weighted by molar-refractivity contribution is -0.166. The number of fused-ring (bicyclic) bond motifs is 1. The second-order valence-electron chi connectivity index (χ2n) is 9.52. The maximum absolute atomic E-state index is 13.7. The van der Waals surface area contributed by atoms with Crippen LogP contribution in [0, 0.1) is 0 Å². The molecule has 3 aromatic carbocycles. The van der Waals surface area contributed by atoms with Crippen molar-refractivity contribution in [3.05, 3.63) is 119 Å². The Morgan fingerprint density at radius 1 is 0.907 bits per heavy atom. The van der Waals surface area contributed by atoms with E-state index in [0.29, 0.717) is 16.7 Å². The van der Waals surface area contributed by atoms with E-state index in [1.54, 1.807) is 91.0 Å². The number of amides is 2. The van der Waals surface area contributed by atoms with Crippen molar-refractivity contribution < 1.29 is 44.9 Å². The molecule has 0 saturated carbocycles. The van der Waals surface area contributed by atoms with Gasteiger partial charge in [0, 0.05) is 5.41 Å². The smallest absolute Gasteiger partial charge is 0.451 e. The number of nitrogens with one attached hydrogen (secondary N) is 1. The molecule has 1 fully saturated rings. The maximum Gasteiger partial charge on any atom is 0.534 e. The number of benzene rings is 3. The number of nitrogens with zero attached hydrogens (tertiary/aromatic N) is 1. The lowest BCUT2D eigenvalue weighted by atomic mass is 9.99. The lowest BCUT2D eigenvalue weighted by Crippen LogP contribution is -2.74. The zero-order valence-corrected chi connectivity index (χ0v) is 23.6. The number of ether oxygens (including phenoxy) is 1. The highest BCUT2D eigenvalue weighted by atomic mass is 32.2. The molecule has 14 heteroatoms. The van der Waals surface area contributed by atoms with Crippen LogP contribution in [0.5, 0.6) is 0 Å². The van der Waals surface area contributed by atoms with Gasteiger partial charge >= 0.3 is 21.6 Å². The summed E-state index contributed by atoms with van der Waals surface area (Å²) in [6.07, 6.45) is -1.10. The summed E-state index contributed by atoms with van der Waals surface area (Å²) >= 11 is 0.729. The summed E-state index contributed by atoms with van der Waals surface area (Å²) in [6.45, 7) is 0. The van der Waals surface area contributed by atoms with Gasteiger partial charge in [-0.15, -0.1) is 11.8 Å². The summed E-state index contributed by atoms with van der Waals surface area (Å²) in [5.74, 6) is -3.50. The summed E-state index contributed by atoms with van der Waals surface area (Å²) in [5.41, 5.74) is -4.09. The van der Waals surface area contributed by atoms with Crippen LogP contribution >= 0.6 is 11.8 Å². The lowest BCUT2D eigenvalue weighted by Gasteiger charge is -2.51. The van der Waals surface area contributed by atoms with Crippen LogP contribution in [-0.4, -0.2) is 54.1 Å². The molecule has 0 radical (unpaired) electrons. The molecule has 0 bridgehead atoms. The quantitative estimate of drug-likeness (QED) is 0.163. The maximum atomic E-state index is 13.7. The number of β-lactam (4-membered cyclic amide) rings is 1. The second-order valence-corrected chi connectivity index (χ2v) is 12.1. The molecule has 9 nitrogen and oxygen atoms in total. The van der Waals surface area contributed by atoms with Gasteiger partial charge in [-0.3, -0.25) is 9.59 Å². The number of carbonyl (C=O) groups is 3. The van der Waals surface area contributed by atoms with Crippen LogP contribution in [0.15, 0.2) is 102 Å². The number of hydrogen-bond acceptors (Lipinski definition) is 8. The van der Waals surface area contributed by atoms with Crippen LogP contribution in [0.4, 0.5) is 13.2 Å². The summed E-state index contributed by atoms with van der Waals surface area (Å²) in [5, 5.41) is 2.55. The third-order valence-corrected chi connectivity index (χ3v) is 8.75. The minimum absolute atomic E-state index is 0.0443. The highest BCUT2D eigenvalue weighted by Gasteiger charge is 2.59. The standard InChI is InChI=1S/C29H23F3N2O7S2/c30-29(31,32)43(38,39)41-21-17-42-27-23(33-22(35)16-18-10-4-1-5-11-18)26(36)34(27)24(21)28(37)40-25(19-12-6-2-7-13-19)20-14-8-3-9-15-20/h1-15,17,23-25,27H,16H2,(H,33,35)/t23?,24?,27-/m0/s1. The van der Waals surface area contributed by atoms with Crippen LogP contribution in [0.2, 0.25) is 0 Å². The van der Waals surface area contributed by atoms with E-state index in [-0.39, 0.29) is 6.42 Å². The van der Waals surface area contributed by atoms with Crippen molar-refractivity contribution in [3.8, 4) is 0 Å². The normalized spacial score (nSPS) is 20.0. The third-order valence-electron chi connectivity index (χ3n) is 6.63. The monoisotopic (exact) mass is 632 g/mol. The van der Waals surface area contributed by atoms with E-state index in [9.17, 15) is 36.0 Å². The Kier molecular flexibility index (Phi) is 8.51. The van der Waals surface area contributed by atoms with Crippen LogP contribution in [-0.2, 0) is 39.8 Å². The first kappa shape index (κ1) is 30.2. The molecule has 3 aromatic rings. The molecule has 1 saturated heterocycles. The number of alkyl halides is 3. The molecule has 0 aromatic heterocycles. The molecule has 3 atom stereocenters. The molecule has 0 spiro atoms. The largest absolute Gasteiger partial charge is 0.534 e. The van der Waals surface area contributed by atoms with Gasteiger partial charge in [0.2, 0.25) is 11.8 Å². The molecular weight excluding hydrogens is 609 g/mol. The van der Waals surface area contributed by atoms with Crippen LogP contribution < -0.4 is 5.32 Å². The fourth-order valence-corrected chi connectivity index (χ4v) is 6.31. The van der Waals surface area contributed by atoms with Crippen LogP contribution in [0.3, 0.4) is 0 Å². The van der Waals surface area contributed by atoms with Gasteiger partial charge in [-0.25, -0.2) is 4.79 Å². The van der Waals surface area contributed by atoms with Crippen molar-refractivity contribution in [1.82, 2.24) is 10.2 Å². The average molecular weight is 633 g/mol. The fourth-order valence-electron chi connectivity index (χ4n) is 4.62. The third kappa shape index (κ3) is 6.39. The van der Waals surface area contributed by atoms with E-state index in [1.807, 2.05) is 0 Å². The number of carbonyl (C=O) groups excluding carboxylic acids is 3. The molecule has 2 unspecified atom stereocenters. The zero-order valence-electron chi connectivity index (χ0n) is 22.0. The molecule has 2 aliphatic heterocycles. The first-order valence-corrected chi connectivity index (χ1v) is 15.1. The summed E-state index contributed by atoms with van der Waals surface area (Å²) in [6, 6.07) is 22.5. The molecule has 43 heavy (non-hydrogen) atoms. The van der Waals surface area contributed by atoms with Gasteiger partial charge in [0.1, 0.15) is 11.4 Å². The summed E-state index contributed by atoms with van der Waals surface area (Å²) in [4.78, 5) is 40.5. The van der Waals surface area contributed by atoms with Gasteiger partial charge in [-0.2, -0.15) is 21.6 Å². The number of esters is 1. The molecule has 2 amide bonds. The number of thioether (sulfide) groups is 1. The Balaban J connectivity index is 1.43. The van der Waals surface area contributed by atoms with Gasteiger partial charge < -0.3 is 19.1 Å². The highest BCUT2D eigenvalue weighted by Crippen LogP contribution is 2.43. The van der Waals surface area contributed by atoms with Gasteiger partial charge in [0.15, 0.2) is 17.9 Å². The van der Waals surface area contributed by atoms with E-state index in [0.717, 1.165) is 22.1 Å². The molecule has 0 aliphatic carbocycles. The van der Waals surface area contributed by atoms with E-state index in [4.69, 9.17) is 4.74 Å². The van der Waals surface area contributed by atoms with Crippen molar-refractivity contribution in [2.75, 3.05) is 0 Å². The van der Waals surface area contributed by atoms with Crippen molar-refractivity contribution in [1.29, 1.82) is 0 Å². The van der Waals surface area contributed by atoms with E-state index >= 15 is 0 Å². The molecule has 224 valence electrons. The first-order valence-electron chi connectivity index (χ1n) is 12.8. The first-order chi connectivity index (χ1) is 20.5. The predicted octanol–water partition coefficient (Wildman–Crippen LogP) is 4.04. The van der Waals surface area contributed by atoms with Gasteiger partial charge in [-0.05, 0) is 16.7 Å². The highest BCUT2D eigenvalue weighted by molar-refractivity contribution is 8.03. The van der Waals surface area contributed by atoms with E-state index in [1.165, 1.54) is 0 Å². The second kappa shape index (κ2) is 12.1. The number of rotatable bonds is 9. The summed E-state index contributed by atoms with van der Waals surface area (Å²) in [7, 11) is -6.20. The average Bonchev–Trinajstić information content (AvgIpc) is 2.99.